The molecule has 1 amide bonds. The van der Waals surface area contributed by atoms with Crippen molar-refractivity contribution in [3.8, 4) is 5.75 Å². The van der Waals surface area contributed by atoms with E-state index in [2.05, 4.69) is 34.9 Å². The fraction of sp³-hybridized carbons (Fsp3) is 0.200. The molecule has 6 heteroatoms. The number of anilines is 1. The van der Waals surface area contributed by atoms with Crippen molar-refractivity contribution >= 4 is 45.0 Å². The number of hydrogen-bond donors (Lipinski definition) is 0. The number of halogens is 1. The molecule has 2 heterocycles. The third kappa shape index (κ3) is 4.31. The van der Waals surface area contributed by atoms with E-state index < -0.39 is 0 Å². The van der Waals surface area contributed by atoms with E-state index in [0.29, 0.717) is 24.6 Å². The molecule has 1 unspecified atom stereocenters. The molecule has 0 saturated carbocycles. The molecule has 6 rings (SSSR count). The highest BCUT2D eigenvalue weighted by Crippen LogP contribution is 2.36. The Bertz CT molecular complexity index is 1560. The van der Waals surface area contributed by atoms with Crippen LogP contribution in [0.25, 0.3) is 21.8 Å². The van der Waals surface area contributed by atoms with Crippen LogP contribution in [-0.2, 0) is 11.3 Å². The van der Waals surface area contributed by atoms with Crippen LogP contribution in [0.4, 0.5) is 5.69 Å². The summed E-state index contributed by atoms with van der Waals surface area (Å²) in [7, 11) is 0. The maximum Gasteiger partial charge on any atom is 0.227 e. The third-order valence-corrected chi connectivity index (χ3v) is 7.15. The second-order valence-electron chi connectivity index (χ2n) is 9.18. The lowest BCUT2D eigenvalue weighted by Gasteiger charge is -2.18. The van der Waals surface area contributed by atoms with Crippen LogP contribution >= 0.6 is 11.6 Å². The normalized spacial score (nSPS) is 15.8. The van der Waals surface area contributed by atoms with E-state index >= 15 is 0 Å². The molecule has 4 aromatic carbocycles. The Morgan fingerprint density at radius 3 is 2.58 bits per heavy atom. The zero-order valence-corrected chi connectivity index (χ0v) is 20.6. The summed E-state index contributed by atoms with van der Waals surface area (Å²) in [6.07, 6.45) is 1.25. The van der Waals surface area contributed by atoms with Crippen molar-refractivity contribution in [3.63, 3.8) is 0 Å². The molecule has 0 bridgehead atoms. The number of imidazole rings is 1. The van der Waals surface area contributed by atoms with Crippen LogP contribution in [0.2, 0.25) is 5.02 Å². The molecule has 1 atom stereocenters. The Morgan fingerprint density at radius 2 is 1.69 bits per heavy atom. The van der Waals surface area contributed by atoms with Crippen LogP contribution in [-0.4, -0.2) is 28.6 Å². The average Bonchev–Trinajstić information content (AvgIpc) is 3.47. The van der Waals surface area contributed by atoms with Gasteiger partial charge in [-0.25, -0.2) is 4.98 Å². The molecule has 1 aliphatic heterocycles. The van der Waals surface area contributed by atoms with E-state index in [1.165, 1.54) is 10.8 Å². The molecule has 1 aliphatic rings. The number of carbonyl (C=O) groups excluding carboxylic acids is 1. The SMILES string of the molecule is O=C1CC(c2nc3ccccc3n2CCCOc2ccc3ccccc3c2)CN1c1ccccc1Cl. The van der Waals surface area contributed by atoms with E-state index in [1.807, 2.05) is 60.7 Å². The number of carbonyl (C=O) groups is 1. The minimum Gasteiger partial charge on any atom is -0.494 e. The molecule has 36 heavy (non-hydrogen) atoms. The number of ether oxygens (including phenoxy) is 1. The molecular weight excluding hydrogens is 470 g/mol. The minimum absolute atomic E-state index is 0.00239. The van der Waals surface area contributed by atoms with Gasteiger partial charge in [0.25, 0.3) is 0 Å². The first-order valence-corrected chi connectivity index (χ1v) is 12.7. The van der Waals surface area contributed by atoms with Crippen LogP contribution in [0.1, 0.15) is 24.6 Å². The number of aromatic nitrogens is 2. The summed E-state index contributed by atoms with van der Waals surface area (Å²) < 4.78 is 8.34. The summed E-state index contributed by atoms with van der Waals surface area (Å²) in [5.74, 6) is 1.90. The molecule has 1 aromatic heterocycles. The Kier molecular flexibility index (Phi) is 6.08. The number of benzene rings is 4. The summed E-state index contributed by atoms with van der Waals surface area (Å²) >= 11 is 6.40. The minimum atomic E-state index is 0.00239. The van der Waals surface area contributed by atoms with Gasteiger partial charge in [0.05, 0.1) is 28.4 Å². The Balaban J connectivity index is 1.20. The van der Waals surface area contributed by atoms with E-state index in [0.717, 1.165) is 41.3 Å². The van der Waals surface area contributed by atoms with Gasteiger partial charge in [-0.2, -0.15) is 0 Å². The molecule has 180 valence electrons. The number of amides is 1. The molecular formula is C30H26ClN3O2. The first-order chi connectivity index (χ1) is 17.7. The van der Waals surface area contributed by atoms with Crippen molar-refractivity contribution in [2.75, 3.05) is 18.1 Å². The lowest BCUT2D eigenvalue weighted by atomic mass is 10.1. The first kappa shape index (κ1) is 22.6. The van der Waals surface area contributed by atoms with Gasteiger partial charge in [-0.15, -0.1) is 0 Å². The van der Waals surface area contributed by atoms with Crippen LogP contribution in [0.15, 0.2) is 91.0 Å². The summed E-state index contributed by atoms with van der Waals surface area (Å²) in [4.78, 5) is 19.7. The number of nitrogens with zero attached hydrogens (tertiary/aromatic N) is 3. The van der Waals surface area contributed by atoms with Gasteiger partial charge in [0.2, 0.25) is 5.91 Å². The van der Waals surface area contributed by atoms with Gasteiger partial charge in [0.1, 0.15) is 11.6 Å². The summed E-state index contributed by atoms with van der Waals surface area (Å²) in [6, 6.07) is 30.2. The largest absolute Gasteiger partial charge is 0.494 e. The van der Waals surface area contributed by atoms with Crippen molar-refractivity contribution in [1.29, 1.82) is 0 Å². The standard InChI is InChI=1S/C30H26ClN3O2/c31-25-10-3-5-12-27(25)34-20-23(19-29(34)35)30-32-26-11-4-6-13-28(26)33(30)16-7-17-36-24-15-14-21-8-1-2-9-22(21)18-24/h1-6,8-15,18,23H,7,16-17,19-20H2. The monoisotopic (exact) mass is 495 g/mol. The van der Waals surface area contributed by atoms with Gasteiger partial charge in [-0.05, 0) is 53.6 Å². The maximum absolute atomic E-state index is 13.0. The highest BCUT2D eigenvalue weighted by molar-refractivity contribution is 6.33. The number of para-hydroxylation sites is 3. The zero-order chi connectivity index (χ0) is 24.5. The maximum atomic E-state index is 13.0. The topological polar surface area (TPSA) is 47.4 Å². The highest BCUT2D eigenvalue weighted by atomic mass is 35.5. The third-order valence-electron chi connectivity index (χ3n) is 6.83. The lowest BCUT2D eigenvalue weighted by molar-refractivity contribution is -0.117. The molecule has 0 aliphatic carbocycles. The number of aryl methyl sites for hydroxylation is 1. The average molecular weight is 496 g/mol. The molecule has 1 saturated heterocycles. The predicted molar refractivity (Wildman–Crippen MR) is 145 cm³/mol. The Morgan fingerprint density at radius 1 is 0.917 bits per heavy atom. The molecule has 0 N–H and O–H groups in total. The molecule has 5 nitrogen and oxygen atoms in total. The van der Waals surface area contributed by atoms with Gasteiger partial charge in [-0.1, -0.05) is 66.2 Å². The molecule has 0 spiro atoms. The Labute approximate surface area is 214 Å². The number of fused-ring (bicyclic) bond motifs is 2. The second-order valence-corrected chi connectivity index (χ2v) is 9.59. The van der Waals surface area contributed by atoms with E-state index in [1.54, 1.807) is 4.90 Å². The number of hydrogen-bond acceptors (Lipinski definition) is 3. The van der Waals surface area contributed by atoms with Crippen molar-refractivity contribution in [3.05, 3.63) is 102 Å². The quantitative estimate of drug-likeness (QED) is 0.232. The van der Waals surface area contributed by atoms with Crippen LogP contribution in [0.5, 0.6) is 5.75 Å². The van der Waals surface area contributed by atoms with E-state index in [4.69, 9.17) is 21.3 Å². The van der Waals surface area contributed by atoms with Crippen molar-refractivity contribution < 1.29 is 9.53 Å². The van der Waals surface area contributed by atoms with Gasteiger partial charge in [0, 0.05) is 25.4 Å². The van der Waals surface area contributed by atoms with E-state index in [9.17, 15) is 4.79 Å². The molecule has 0 radical (unpaired) electrons. The van der Waals surface area contributed by atoms with Gasteiger partial charge < -0.3 is 14.2 Å². The Hall–Kier alpha value is -3.83. The van der Waals surface area contributed by atoms with E-state index in [-0.39, 0.29) is 11.8 Å². The summed E-state index contributed by atoms with van der Waals surface area (Å²) in [5.41, 5.74) is 2.80. The fourth-order valence-corrected chi connectivity index (χ4v) is 5.33. The van der Waals surface area contributed by atoms with Crippen molar-refractivity contribution in [2.45, 2.75) is 25.3 Å². The zero-order valence-electron chi connectivity index (χ0n) is 19.8. The van der Waals surface area contributed by atoms with Gasteiger partial charge >= 0.3 is 0 Å². The second kappa shape index (κ2) is 9.67. The fourth-order valence-electron chi connectivity index (χ4n) is 5.09. The molecule has 5 aromatic rings. The smallest absolute Gasteiger partial charge is 0.227 e. The van der Waals surface area contributed by atoms with Crippen LogP contribution < -0.4 is 9.64 Å². The number of rotatable bonds is 7. The van der Waals surface area contributed by atoms with Gasteiger partial charge in [-0.3, -0.25) is 4.79 Å². The van der Waals surface area contributed by atoms with Gasteiger partial charge in [0.15, 0.2) is 0 Å². The summed E-state index contributed by atoms with van der Waals surface area (Å²) in [6.45, 7) is 1.93. The van der Waals surface area contributed by atoms with Crippen molar-refractivity contribution in [1.82, 2.24) is 9.55 Å². The lowest BCUT2D eigenvalue weighted by Crippen LogP contribution is -2.24. The first-order valence-electron chi connectivity index (χ1n) is 12.3. The molecule has 1 fully saturated rings. The van der Waals surface area contributed by atoms with Crippen LogP contribution in [0, 0.1) is 0 Å². The van der Waals surface area contributed by atoms with Crippen molar-refractivity contribution in [2.24, 2.45) is 0 Å². The van der Waals surface area contributed by atoms with Crippen LogP contribution in [0.3, 0.4) is 0 Å². The highest BCUT2D eigenvalue weighted by Gasteiger charge is 2.35. The predicted octanol–water partition coefficient (Wildman–Crippen LogP) is 6.83. The summed E-state index contributed by atoms with van der Waals surface area (Å²) in [5, 5.41) is 2.97.